The van der Waals surface area contributed by atoms with Crippen LogP contribution in [0.3, 0.4) is 0 Å². The van der Waals surface area contributed by atoms with Gasteiger partial charge in [0.25, 0.3) is 0 Å². The van der Waals surface area contributed by atoms with E-state index in [1.165, 1.54) is 0 Å². The fourth-order valence-electron chi connectivity index (χ4n) is 2.85. The molecule has 2 aromatic carbocycles. The Kier molecular flexibility index (Phi) is 8.25. The highest BCUT2D eigenvalue weighted by molar-refractivity contribution is 6.60. The highest BCUT2D eigenvalue weighted by atomic mass is 28.4. The molecule has 0 aliphatic heterocycles. The molecule has 26 heavy (non-hydrogen) atoms. The fourth-order valence-corrected chi connectivity index (χ4v) is 5.43. The molecule has 0 aliphatic rings. The van der Waals surface area contributed by atoms with Gasteiger partial charge in [0, 0.05) is 25.9 Å². The largest absolute Gasteiger partial charge is 0.501 e. The second kappa shape index (κ2) is 10.4. The smallest absolute Gasteiger partial charge is 0.462 e. The molecule has 142 valence electrons. The lowest BCUT2D eigenvalue weighted by molar-refractivity contribution is 0.0469. The number of ether oxygens (including phenoxy) is 1. The van der Waals surface area contributed by atoms with E-state index in [1.54, 1.807) is 6.07 Å². The Morgan fingerprint density at radius 2 is 1.50 bits per heavy atom. The molecule has 0 unspecified atom stereocenters. The molecule has 5 nitrogen and oxygen atoms in total. The van der Waals surface area contributed by atoms with Gasteiger partial charge >= 0.3 is 14.8 Å². The van der Waals surface area contributed by atoms with Crippen LogP contribution in [0.5, 0.6) is 0 Å². The van der Waals surface area contributed by atoms with Crippen LogP contribution in [0.15, 0.2) is 42.5 Å². The third kappa shape index (κ3) is 5.64. The molecule has 2 aromatic rings. The molecule has 0 N–H and O–H groups in total. The predicted octanol–water partition coefficient (Wildman–Crippen LogP) is 4.44. The van der Waals surface area contributed by atoms with Crippen LogP contribution >= 0.6 is 0 Å². The van der Waals surface area contributed by atoms with E-state index in [1.807, 2.05) is 57.2 Å². The maximum Gasteiger partial charge on any atom is 0.501 e. The summed E-state index contributed by atoms with van der Waals surface area (Å²) in [6, 6.07) is 14.2. The molecule has 0 aliphatic carbocycles. The van der Waals surface area contributed by atoms with Gasteiger partial charge in [-0.15, -0.1) is 0 Å². The van der Waals surface area contributed by atoms with Crippen LogP contribution in [-0.2, 0) is 18.0 Å². The molecule has 0 spiro atoms. The fraction of sp³-hybridized carbons (Fsp3) is 0.450. The maximum atomic E-state index is 12.3. The molecule has 0 saturated heterocycles. The van der Waals surface area contributed by atoms with Crippen LogP contribution in [0.2, 0.25) is 6.04 Å². The molecule has 2 rings (SSSR count). The molecule has 0 atom stereocenters. The number of carbonyl (C=O) groups is 1. The summed E-state index contributed by atoms with van der Waals surface area (Å²) < 4.78 is 22.8. The van der Waals surface area contributed by atoms with E-state index in [9.17, 15) is 4.79 Å². The number of rotatable bonds is 11. The van der Waals surface area contributed by atoms with E-state index in [4.69, 9.17) is 18.0 Å². The highest BCUT2D eigenvalue weighted by Gasteiger charge is 2.39. The molecule has 0 saturated carbocycles. The minimum absolute atomic E-state index is 0.313. The van der Waals surface area contributed by atoms with Crippen molar-refractivity contribution in [2.75, 3.05) is 26.4 Å². The second-order valence-electron chi connectivity index (χ2n) is 5.78. The van der Waals surface area contributed by atoms with Gasteiger partial charge in [0.1, 0.15) is 0 Å². The Balaban J connectivity index is 1.89. The van der Waals surface area contributed by atoms with E-state index in [-0.39, 0.29) is 5.97 Å². The van der Waals surface area contributed by atoms with Crippen molar-refractivity contribution in [3.63, 3.8) is 0 Å². The van der Waals surface area contributed by atoms with Gasteiger partial charge in [0.2, 0.25) is 0 Å². The quantitative estimate of drug-likeness (QED) is 0.330. The number of carbonyl (C=O) groups excluding carboxylic acids is 1. The molecule has 0 bridgehead atoms. The van der Waals surface area contributed by atoms with Crippen molar-refractivity contribution in [1.82, 2.24) is 0 Å². The molecule has 0 aromatic heterocycles. The summed E-state index contributed by atoms with van der Waals surface area (Å²) in [6.07, 6.45) is 0.644. The summed E-state index contributed by atoms with van der Waals surface area (Å²) in [5.41, 5.74) is 0.562. The SMILES string of the molecule is CCO[Si](CCCOC(=O)c1ccc2ccccc2c1)(OCC)OCC. The topological polar surface area (TPSA) is 54.0 Å². The third-order valence-corrected chi connectivity index (χ3v) is 7.09. The summed E-state index contributed by atoms with van der Waals surface area (Å²) in [7, 11) is -2.67. The Labute approximate surface area is 156 Å². The molecular formula is C20H28O5Si. The first-order valence-electron chi connectivity index (χ1n) is 9.22. The predicted molar refractivity (Wildman–Crippen MR) is 104 cm³/mol. The lowest BCUT2D eigenvalue weighted by atomic mass is 10.1. The summed E-state index contributed by atoms with van der Waals surface area (Å²) >= 11 is 0. The van der Waals surface area contributed by atoms with Gasteiger partial charge in [-0.05, 0) is 50.1 Å². The summed E-state index contributed by atoms with van der Waals surface area (Å²) in [6.45, 7) is 7.74. The Bertz CT molecular complexity index is 686. The number of hydrogen-bond acceptors (Lipinski definition) is 5. The van der Waals surface area contributed by atoms with Crippen molar-refractivity contribution in [2.45, 2.75) is 33.2 Å². The van der Waals surface area contributed by atoms with Crippen LogP contribution in [0.1, 0.15) is 37.6 Å². The summed E-state index contributed by atoms with van der Waals surface area (Å²) in [5.74, 6) is -0.313. The van der Waals surface area contributed by atoms with E-state index in [0.717, 1.165) is 10.8 Å². The molecule has 6 heteroatoms. The molecular weight excluding hydrogens is 348 g/mol. The molecule has 0 radical (unpaired) electrons. The lowest BCUT2D eigenvalue weighted by Crippen LogP contribution is -2.46. The van der Waals surface area contributed by atoms with Crippen molar-refractivity contribution < 1.29 is 22.8 Å². The number of fused-ring (bicyclic) bond motifs is 1. The van der Waals surface area contributed by atoms with Crippen molar-refractivity contribution in [1.29, 1.82) is 0 Å². The Morgan fingerprint density at radius 1 is 0.885 bits per heavy atom. The summed E-state index contributed by atoms with van der Waals surface area (Å²) in [5, 5.41) is 2.13. The monoisotopic (exact) mass is 376 g/mol. The van der Waals surface area contributed by atoms with Crippen LogP contribution in [0, 0.1) is 0 Å². The molecule has 0 fully saturated rings. The van der Waals surface area contributed by atoms with Crippen LogP contribution in [0.4, 0.5) is 0 Å². The normalized spacial score (nSPS) is 11.7. The van der Waals surface area contributed by atoms with E-state index >= 15 is 0 Å². The van der Waals surface area contributed by atoms with Gasteiger partial charge in [-0.3, -0.25) is 0 Å². The van der Waals surface area contributed by atoms with E-state index < -0.39 is 8.80 Å². The van der Waals surface area contributed by atoms with Gasteiger partial charge < -0.3 is 18.0 Å². The van der Waals surface area contributed by atoms with Gasteiger partial charge in [-0.2, -0.15) is 0 Å². The molecule has 0 heterocycles. The van der Waals surface area contributed by atoms with Crippen molar-refractivity contribution in [2.24, 2.45) is 0 Å². The first kappa shape index (κ1) is 20.6. The molecule has 0 amide bonds. The van der Waals surface area contributed by atoms with Gasteiger partial charge in [-0.1, -0.05) is 30.3 Å². The van der Waals surface area contributed by atoms with Gasteiger partial charge in [-0.25, -0.2) is 4.79 Å². The van der Waals surface area contributed by atoms with E-state index in [2.05, 4.69) is 0 Å². The van der Waals surface area contributed by atoms with Crippen LogP contribution < -0.4 is 0 Å². The summed E-state index contributed by atoms with van der Waals surface area (Å²) in [4.78, 5) is 12.3. The lowest BCUT2D eigenvalue weighted by Gasteiger charge is -2.28. The van der Waals surface area contributed by atoms with Crippen molar-refractivity contribution in [3.8, 4) is 0 Å². The minimum atomic E-state index is -2.67. The number of esters is 1. The second-order valence-corrected chi connectivity index (χ2v) is 8.52. The number of benzene rings is 2. The first-order chi connectivity index (χ1) is 12.6. The zero-order chi connectivity index (χ0) is 18.8. The first-order valence-corrected chi connectivity index (χ1v) is 11.1. The number of hydrogen-bond donors (Lipinski definition) is 0. The van der Waals surface area contributed by atoms with Gasteiger partial charge in [0.05, 0.1) is 12.2 Å². The van der Waals surface area contributed by atoms with Crippen molar-refractivity contribution >= 4 is 25.5 Å². The van der Waals surface area contributed by atoms with Crippen LogP contribution in [-0.4, -0.2) is 41.2 Å². The third-order valence-electron chi connectivity index (χ3n) is 3.94. The zero-order valence-electron chi connectivity index (χ0n) is 15.8. The Hall–Kier alpha value is -1.73. The van der Waals surface area contributed by atoms with Crippen LogP contribution in [0.25, 0.3) is 10.8 Å². The zero-order valence-corrected chi connectivity index (χ0v) is 16.8. The average Bonchev–Trinajstić information content (AvgIpc) is 2.65. The van der Waals surface area contributed by atoms with E-state index in [0.29, 0.717) is 44.5 Å². The van der Waals surface area contributed by atoms with Gasteiger partial charge in [0.15, 0.2) is 0 Å². The highest BCUT2D eigenvalue weighted by Crippen LogP contribution is 2.19. The Morgan fingerprint density at radius 3 is 2.12 bits per heavy atom. The average molecular weight is 377 g/mol. The standard InChI is InChI=1S/C20H28O5Si/c1-4-23-26(24-5-2,25-6-3)15-9-14-22-20(21)19-13-12-17-10-7-8-11-18(17)16-19/h7-8,10-13,16H,4-6,9,14-15H2,1-3H3. The minimum Gasteiger partial charge on any atom is -0.462 e. The van der Waals surface area contributed by atoms with Crippen molar-refractivity contribution in [3.05, 3.63) is 48.0 Å². The maximum absolute atomic E-state index is 12.3.